The normalized spacial score (nSPS) is 25.2. The van der Waals surface area contributed by atoms with Crippen molar-refractivity contribution in [2.45, 2.75) is 36.1 Å². The molecule has 0 amide bonds. The largest absolute Gasteiger partial charge is 0.339 e. The topological polar surface area (TPSA) is 64.0 Å². The molecular weight excluding hydrogens is 274 g/mol. The molecule has 2 rings (SSSR count). The van der Waals surface area contributed by atoms with Crippen LogP contribution < -0.4 is 4.72 Å². The first kappa shape index (κ1) is 13.8. The van der Waals surface area contributed by atoms with E-state index in [4.69, 9.17) is 11.6 Å². The number of nitrogens with zero attached hydrogens (tertiary/aromatic N) is 2. The average Bonchev–Trinajstić information content (AvgIpc) is 2.74. The molecule has 2 atom stereocenters. The standard InChI is InChI=1S/C11H18ClN3O2S/c1-15-7-11(13-8-15)18(16,17)14-6-9-3-2-4-10(12)5-9/h7-10,14H,2-6H2,1H3. The molecule has 0 bridgehead atoms. The van der Waals surface area contributed by atoms with Crippen molar-refractivity contribution in [3.05, 3.63) is 12.5 Å². The molecule has 1 heterocycles. The Hall–Kier alpha value is -0.590. The van der Waals surface area contributed by atoms with Crippen LogP contribution in [-0.4, -0.2) is 29.9 Å². The van der Waals surface area contributed by atoms with E-state index in [0.717, 1.165) is 25.7 Å². The Kier molecular flexibility index (Phi) is 4.29. The van der Waals surface area contributed by atoms with Gasteiger partial charge in [0.2, 0.25) is 0 Å². The molecule has 18 heavy (non-hydrogen) atoms. The van der Waals surface area contributed by atoms with E-state index in [9.17, 15) is 8.42 Å². The number of halogens is 1. The minimum Gasteiger partial charge on any atom is -0.339 e. The zero-order valence-corrected chi connectivity index (χ0v) is 11.9. The van der Waals surface area contributed by atoms with Crippen molar-refractivity contribution in [2.24, 2.45) is 13.0 Å². The third-order valence-corrected chi connectivity index (χ3v) is 4.94. The van der Waals surface area contributed by atoms with E-state index in [1.165, 1.54) is 12.5 Å². The van der Waals surface area contributed by atoms with Crippen LogP contribution in [0.1, 0.15) is 25.7 Å². The van der Waals surface area contributed by atoms with Crippen LogP contribution in [-0.2, 0) is 17.1 Å². The van der Waals surface area contributed by atoms with Crippen molar-refractivity contribution in [3.8, 4) is 0 Å². The number of sulfonamides is 1. The fraction of sp³-hybridized carbons (Fsp3) is 0.727. The zero-order valence-electron chi connectivity index (χ0n) is 10.3. The molecule has 1 saturated carbocycles. The number of hydrogen-bond donors (Lipinski definition) is 1. The van der Waals surface area contributed by atoms with Crippen LogP contribution in [0.3, 0.4) is 0 Å². The Balaban J connectivity index is 1.93. The SMILES string of the molecule is Cn1cnc(S(=O)(=O)NCC2CCCC(Cl)C2)c1. The van der Waals surface area contributed by atoms with Crippen LogP contribution >= 0.6 is 11.6 Å². The lowest BCUT2D eigenvalue weighted by atomic mass is 9.89. The third kappa shape index (κ3) is 3.46. The summed E-state index contributed by atoms with van der Waals surface area (Å²) in [5.41, 5.74) is 0. The number of aromatic nitrogens is 2. The van der Waals surface area contributed by atoms with Gasteiger partial charge >= 0.3 is 0 Å². The van der Waals surface area contributed by atoms with Crippen molar-refractivity contribution in [2.75, 3.05) is 6.54 Å². The van der Waals surface area contributed by atoms with Crippen molar-refractivity contribution in [1.29, 1.82) is 0 Å². The maximum atomic E-state index is 11.9. The summed E-state index contributed by atoms with van der Waals surface area (Å²) in [7, 11) is -1.74. The zero-order chi connectivity index (χ0) is 13.2. The van der Waals surface area contributed by atoms with E-state index in [2.05, 4.69) is 9.71 Å². The second kappa shape index (κ2) is 5.59. The molecule has 1 aliphatic carbocycles. The summed E-state index contributed by atoms with van der Waals surface area (Å²) in [5, 5.41) is 0.256. The summed E-state index contributed by atoms with van der Waals surface area (Å²) in [6, 6.07) is 0. The van der Waals surface area contributed by atoms with Gasteiger partial charge in [0.05, 0.1) is 6.33 Å². The van der Waals surface area contributed by atoms with Crippen molar-refractivity contribution in [1.82, 2.24) is 14.3 Å². The molecule has 1 N–H and O–H groups in total. The molecule has 1 fully saturated rings. The molecule has 102 valence electrons. The third-order valence-electron chi connectivity index (χ3n) is 3.24. The lowest BCUT2D eigenvalue weighted by Crippen LogP contribution is -2.32. The molecule has 2 unspecified atom stereocenters. The first-order valence-corrected chi connectivity index (χ1v) is 8.01. The smallest absolute Gasteiger partial charge is 0.259 e. The molecular formula is C11H18ClN3O2S. The van der Waals surface area contributed by atoms with Gasteiger partial charge in [0.15, 0.2) is 5.03 Å². The van der Waals surface area contributed by atoms with Crippen LogP contribution in [0.25, 0.3) is 0 Å². The summed E-state index contributed by atoms with van der Waals surface area (Å²) in [4.78, 5) is 3.85. The first-order valence-electron chi connectivity index (χ1n) is 6.09. The van der Waals surface area contributed by atoms with Gasteiger partial charge < -0.3 is 4.57 Å². The van der Waals surface area contributed by atoms with Gasteiger partial charge in [-0.1, -0.05) is 6.42 Å². The van der Waals surface area contributed by atoms with E-state index in [1.54, 1.807) is 11.6 Å². The van der Waals surface area contributed by atoms with Crippen molar-refractivity contribution < 1.29 is 8.42 Å². The van der Waals surface area contributed by atoms with Crippen LogP contribution in [0.5, 0.6) is 0 Å². The van der Waals surface area contributed by atoms with Gasteiger partial charge in [-0.3, -0.25) is 0 Å². The van der Waals surface area contributed by atoms with Gasteiger partial charge in [-0.05, 0) is 25.2 Å². The van der Waals surface area contributed by atoms with E-state index >= 15 is 0 Å². The predicted molar refractivity (Wildman–Crippen MR) is 70.0 cm³/mol. The van der Waals surface area contributed by atoms with E-state index in [1.807, 2.05) is 0 Å². The molecule has 1 aromatic rings. The fourth-order valence-electron chi connectivity index (χ4n) is 2.24. The molecule has 0 saturated heterocycles. The maximum Gasteiger partial charge on any atom is 0.259 e. The molecule has 0 aromatic carbocycles. The fourth-order valence-corrected chi connectivity index (χ4v) is 3.74. The lowest BCUT2D eigenvalue weighted by Gasteiger charge is -2.25. The number of imidazole rings is 1. The Morgan fingerprint density at radius 3 is 2.94 bits per heavy atom. The second-order valence-electron chi connectivity index (χ2n) is 4.86. The van der Waals surface area contributed by atoms with Crippen molar-refractivity contribution >= 4 is 21.6 Å². The summed E-state index contributed by atoms with van der Waals surface area (Å²) in [6.45, 7) is 0.447. The minimum absolute atomic E-state index is 0.0724. The Morgan fingerprint density at radius 2 is 2.33 bits per heavy atom. The number of rotatable bonds is 4. The summed E-state index contributed by atoms with van der Waals surface area (Å²) >= 11 is 6.09. The number of nitrogens with one attached hydrogen (secondary N) is 1. The summed E-state index contributed by atoms with van der Waals surface area (Å²) in [5.74, 6) is 0.333. The predicted octanol–water partition coefficient (Wildman–Crippen LogP) is 1.50. The Morgan fingerprint density at radius 1 is 1.56 bits per heavy atom. The Labute approximate surface area is 113 Å². The molecule has 7 heteroatoms. The molecule has 1 aromatic heterocycles. The van der Waals surface area contributed by atoms with E-state index < -0.39 is 10.0 Å². The molecule has 1 aliphatic rings. The van der Waals surface area contributed by atoms with Crippen LogP contribution in [0.4, 0.5) is 0 Å². The van der Waals surface area contributed by atoms with Crippen LogP contribution in [0.15, 0.2) is 17.6 Å². The maximum absolute atomic E-state index is 11.9. The number of hydrogen-bond acceptors (Lipinski definition) is 3. The summed E-state index contributed by atoms with van der Waals surface area (Å²) < 4.78 is 28.1. The monoisotopic (exact) mass is 291 g/mol. The van der Waals surface area contributed by atoms with Crippen molar-refractivity contribution in [3.63, 3.8) is 0 Å². The van der Waals surface area contributed by atoms with E-state index in [0.29, 0.717) is 12.5 Å². The highest BCUT2D eigenvalue weighted by Crippen LogP contribution is 2.27. The van der Waals surface area contributed by atoms with Gasteiger partial charge in [0, 0.05) is 25.2 Å². The van der Waals surface area contributed by atoms with Gasteiger partial charge in [0.25, 0.3) is 10.0 Å². The van der Waals surface area contributed by atoms with Gasteiger partial charge in [-0.25, -0.2) is 18.1 Å². The van der Waals surface area contributed by atoms with E-state index in [-0.39, 0.29) is 10.4 Å². The highest BCUT2D eigenvalue weighted by atomic mass is 35.5. The molecule has 0 spiro atoms. The summed E-state index contributed by atoms with van der Waals surface area (Å²) in [6.07, 6.45) is 6.99. The highest BCUT2D eigenvalue weighted by Gasteiger charge is 2.23. The van der Waals surface area contributed by atoms with Gasteiger partial charge in [-0.2, -0.15) is 0 Å². The first-order chi connectivity index (χ1) is 8.47. The Bertz CT molecular complexity index is 500. The van der Waals surface area contributed by atoms with Gasteiger partial charge in [0.1, 0.15) is 0 Å². The molecule has 0 radical (unpaired) electrons. The van der Waals surface area contributed by atoms with Crippen LogP contribution in [0, 0.1) is 5.92 Å². The number of aryl methyl sites for hydroxylation is 1. The average molecular weight is 292 g/mol. The second-order valence-corrected chi connectivity index (χ2v) is 7.19. The number of alkyl halides is 1. The minimum atomic E-state index is -3.48. The van der Waals surface area contributed by atoms with Gasteiger partial charge in [-0.15, -0.1) is 11.6 Å². The molecule has 5 nitrogen and oxygen atoms in total. The highest BCUT2D eigenvalue weighted by molar-refractivity contribution is 7.89. The quantitative estimate of drug-likeness (QED) is 0.855. The van der Waals surface area contributed by atoms with Crippen LogP contribution in [0.2, 0.25) is 0 Å². The lowest BCUT2D eigenvalue weighted by molar-refractivity contribution is 0.361. The molecule has 0 aliphatic heterocycles.